The molecule has 0 saturated carbocycles. The highest BCUT2D eigenvalue weighted by molar-refractivity contribution is 5.94. The van der Waals surface area contributed by atoms with Crippen molar-refractivity contribution in [2.45, 2.75) is 30.6 Å². The van der Waals surface area contributed by atoms with Crippen molar-refractivity contribution in [3.63, 3.8) is 0 Å². The fraction of sp³-hybridized carbons (Fsp3) is 0.588. The predicted molar refractivity (Wildman–Crippen MR) is 86.0 cm³/mol. The van der Waals surface area contributed by atoms with Crippen molar-refractivity contribution in [3.05, 3.63) is 29.8 Å². The second-order valence-corrected chi connectivity index (χ2v) is 6.51. The van der Waals surface area contributed by atoms with Crippen molar-refractivity contribution >= 4 is 5.91 Å². The van der Waals surface area contributed by atoms with Gasteiger partial charge in [0, 0.05) is 25.1 Å². The van der Waals surface area contributed by atoms with Gasteiger partial charge in [-0.1, -0.05) is 0 Å². The SMILES string of the molecule is COc1ccc(C(=O)N[C@H]2CO[C@@H](CN3CCC(F)(F)C3)[C@@H]2O)cc1. The quantitative estimate of drug-likeness (QED) is 0.820. The molecular weight excluding hydrogens is 334 g/mol. The molecule has 1 amide bonds. The van der Waals surface area contributed by atoms with E-state index in [2.05, 4.69) is 5.32 Å². The molecule has 3 atom stereocenters. The first kappa shape index (κ1) is 18.0. The van der Waals surface area contributed by atoms with Gasteiger partial charge >= 0.3 is 0 Å². The summed E-state index contributed by atoms with van der Waals surface area (Å²) >= 11 is 0. The molecule has 0 radical (unpaired) electrons. The van der Waals surface area contributed by atoms with Gasteiger partial charge < -0.3 is 19.9 Å². The second kappa shape index (κ2) is 7.23. The monoisotopic (exact) mass is 356 g/mol. The lowest BCUT2D eigenvalue weighted by atomic mass is 10.1. The van der Waals surface area contributed by atoms with E-state index in [0.29, 0.717) is 11.3 Å². The molecule has 138 valence electrons. The number of hydrogen-bond donors (Lipinski definition) is 2. The Labute approximate surface area is 144 Å². The number of ether oxygens (including phenoxy) is 2. The van der Waals surface area contributed by atoms with Crippen molar-refractivity contribution in [3.8, 4) is 5.75 Å². The van der Waals surface area contributed by atoms with Crippen LogP contribution in [0.25, 0.3) is 0 Å². The fourth-order valence-electron chi connectivity index (χ4n) is 3.18. The van der Waals surface area contributed by atoms with Crippen LogP contribution >= 0.6 is 0 Å². The van der Waals surface area contributed by atoms with Crippen molar-refractivity contribution in [1.82, 2.24) is 10.2 Å². The van der Waals surface area contributed by atoms with E-state index in [4.69, 9.17) is 9.47 Å². The minimum Gasteiger partial charge on any atom is -0.497 e. The van der Waals surface area contributed by atoms with E-state index in [9.17, 15) is 18.7 Å². The number of methoxy groups -OCH3 is 1. The van der Waals surface area contributed by atoms with Gasteiger partial charge in [0.25, 0.3) is 11.8 Å². The topological polar surface area (TPSA) is 71.0 Å². The molecule has 2 aliphatic heterocycles. The zero-order valence-corrected chi connectivity index (χ0v) is 14.0. The average molecular weight is 356 g/mol. The van der Waals surface area contributed by atoms with Crippen LogP contribution in [-0.4, -0.2) is 73.4 Å². The molecular formula is C17H22F2N2O4. The lowest BCUT2D eigenvalue weighted by Crippen LogP contribution is -2.46. The van der Waals surface area contributed by atoms with Crippen LogP contribution in [0.1, 0.15) is 16.8 Å². The molecule has 2 heterocycles. The molecule has 8 heteroatoms. The van der Waals surface area contributed by atoms with Gasteiger partial charge in [-0.2, -0.15) is 0 Å². The van der Waals surface area contributed by atoms with Crippen LogP contribution in [0.5, 0.6) is 5.75 Å². The Morgan fingerprint density at radius 2 is 2.16 bits per heavy atom. The summed E-state index contributed by atoms with van der Waals surface area (Å²) < 4.78 is 37.0. The summed E-state index contributed by atoms with van der Waals surface area (Å²) in [5, 5.41) is 13.1. The van der Waals surface area contributed by atoms with E-state index in [-0.39, 0.29) is 38.6 Å². The maximum Gasteiger partial charge on any atom is 0.261 e. The first-order valence-electron chi connectivity index (χ1n) is 8.23. The van der Waals surface area contributed by atoms with Gasteiger partial charge in [0.2, 0.25) is 0 Å². The minimum absolute atomic E-state index is 0.151. The third kappa shape index (κ3) is 4.26. The van der Waals surface area contributed by atoms with E-state index in [1.807, 2.05) is 0 Å². The van der Waals surface area contributed by atoms with Crippen LogP contribution in [-0.2, 0) is 4.74 Å². The van der Waals surface area contributed by atoms with Gasteiger partial charge in [0.05, 0.1) is 32.4 Å². The van der Waals surface area contributed by atoms with Crippen molar-refractivity contribution in [2.75, 3.05) is 33.4 Å². The van der Waals surface area contributed by atoms with Crippen LogP contribution < -0.4 is 10.1 Å². The molecule has 2 aliphatic rings. The maximum absolute atomic E-state index is 13.2. The largest absolute Gasteiger partial charge is 0.497 e. The molecule has 0 bridgehead atoms. The number of halogens is 2. The lowest BCUT2D eigenvalue weighted by molar-refractivity contribution is -0.00731. The standard InChI is InChI=1S/C17H22F2N2O4/c1-24-12-4-2-11(3-5-12)16(23)20-13-9-25-14(15(13)22)8-21-7-6-17(18,19)10-21/h2-5,13-15,22H,6-10H2,1H3,(H,20,23)/t13-,14-,15+/m0/s1. The number of carbonyl (C=O) groups is 1. The van der Waals surface area contributed by atoms with Gasteiger partial charge in [-0.3, -0.25) is 9.69 Å². The summed E-state index contributed by atoms with van der Waals surface area (Å²) in [6.07, 6.45) is -1.69. The first-order chi connectivity index (χ1) is 11.9. The predicted octanol–water partition coefficient (Wildman–Crippen LogP) is 0.894. The highest BCUT2D eigenvalue weighted by Crippen LogP contribution is 2.28. The van der Waals surface area contributed by atoms with E-state index in [0.717, 1.165) is 0 Å². The number of aliphatic hydroxyl groups excluding tert-OH is 1. The number of likely N-dealkylation sites (tertiary alicyclic amines) is 1. The normalized spacial score (nSPS) is 28.9. The number of rotatable bonds is 5. The Hall–Kier alpha value is -1.77. The van der Waals surface area contributed by atoms with E-state index in [1.165, 1.54) is 7.11 Å². The molecule has 0 aromatic heterocycles. The molecule has 6 nitrogen and oxygen atoms in total. The smallest absolute Gasteiger partial charge is 0.261 e. The summed E-state index contributed by atoms with van der Waals surface area (Å²) in [5.74, 6) is -2.36. The average Bonchev–Trinajstić information content (AvgIpc) is 3.11. The zero-order chi connectivity index (χ0) is 18.0. The number of amides is 1. The van der Waals surface area contributed by atoms with E-state index >= 15 is 0 Å². The highest BCUT2D eigenvalue weighted by atomic mass is 19.3. The van der Waals surface area contributed by atoms with Crippen LogP contribution in [0.3, 0.4) is 0 Å². The molecule has 25 heavy (non-hydrogen) atoms. The molecule has 0 spiro atoms. The number of aliphatic hydroxyl groups is 1. The molecule has 0 unspecified atom stereocenters. The maximum atomic E-state index is 13.2. The fourth-order valence-corrected chi connectivity index (χ4v) is 3.18. The van der Waals surface area contributed by atoms with Crippen LogP contribution in [0.4, 0.5) is 8.78 Å². The first-order valence-corrected chi connectivity index (χ1v) is 8.23. The molecule has 0 aliphatic carbocycles. The van der Waals surface area contributed by atoms with Gasteiger partial charge in [0.15, 0.2) is 0 Å². The molecule has 2 saturated heterocycles. The number of benzene rings is 1. The third-order valence-electron chi connectivity index (χ3n) is 4.64. The number of nitrogens with one attached hydrogen (secondary N) is 1. The highest BCUT2D eigenvalue weighted by Gasteiger charge is 2.42. The van der Waals surface area contributed by atoms with Crippen LogP contribution in [0.15, 0.2) is 24.3 Å². The van der Waals surface area contributed by atoms with Gasteiger partial charge in [-0.25, -0.2) is 8.78 Å². The van der Waals surface area contributed by atoms with Crippen molar-refractivity contribution < 1.29 is 28.2 Å². The Morgan fingerprint density at radius 1 is 1.44 bits per heavy atom. The van der Waals surface area contributed by atoms with Crippen molar-refractivity contribution in [1.29, 1.82) is 0 Å². The Kier molecular flexibility index (Phi) is 5.21. The van der Waals surface area contributed by atoms with Gasteiger partial charge in [-0.15, -0.1) is 0 Å². The third-order valence-corrected chi connectivity index (χ3v) is 4.64. The molecule has 1 aromatic rings. The second-order valence-electron chi connectivity index (χ2n) is 6.51. The minimum atomic E-state index is -2.68. The molecule has 1 aromatic carbocycles. The van der Waals surface area contributed by atoms with Gasteiger partial charge in [-0.05, 0) is 24.3 Å². The summed E-state index contributed by atoms with van der Waals surface area (Å²) in [4.78, 5) is 13.8. The molecule has 2 fully saturated rings. The lowest BCUT2D eigenvalue weighted by Gasteiger charge is -2.23. The van der Waals surface area contributed by atoms with Gasteiger partial charge in [0.1, 0.15) is 11.9 Å². The Balaban J connectivity index is 1.53. The summed E-state index contributed by atoms with van der Waals surface area (Å²) in [6.45, 7) is 0.342. The Morgan fingerprint density at radius 3 is 2.76 bits per heavy atom. The van der Waals surface area contributed by atoms with E-state index in [1.54, 1.807) is 29.2 Å². The molecule has 3 rings (SSSR count). The number of alkyl halides is 2. The van der Waals surface area contributed by atoms with Crippen LogP contribution in [0, 0.1) is 0 Å². The Bertz CT molecular complexity index is 611. The number of hydrogen-bond acceptors (Lipinski definition) is 5. The zero-order valence-electron chi connectivity index (χ0n) is 14.0. The number of nitrogens with zero attached hydrogens (tertiary/aromatic N) is 1. The summed E-state index contributed by atoms with van der Waals surface area (Å²) in [5.41, 5.74) is 0.440. The van der Waals surface area contributed by atoms with Crippen molar-refractivity contribution in [2.24, 2.45) is 0 Å². The number of carbonyl (C=O) groups excluding carboxylic acids is 1. The summed E-state index contributed by atoms with van der Waals surface area (Å²) in [7, 11) is 1.54. The molecule has 2 N–H and O–H groups in total. The van der Waals surface area contributed by atoms with Crippen LogP contribution in [0.2, 0.25) is 0 Å². The summed E-state index contributed by atoms with van der Waals surface area (Å²) in [6, 6.07) is 6.03. The van der Waals surface area contributed by atoms with E-state index < -0.39 is 24.2 Å².